The van der Waals surface area contributed by atoms with Crippen LogP contribution in [0.15, 0.2) is 23.1 Å². The van der Waals surface area contributed by atoms with E-state index < -0.39 is 0 Å². The molecule has 0 atom stereocenters. The molecule has 0 saturated heterocycles. The number of carbonyl (C=O) groups excluding carboxylic acids is 1. The summed E-state index contributed by atoms with van der Waals surface area (Å²) in [6.45, 7) is 3.73. The molecule has 3 rings (SSSR count). The van der Waals surface area contributed by atoms with Crippen molar-refractivity contribution in [1.82, 2.24) is 9.38 Å². The minimum Gasteiger partial charge on any atom is -0.320 e. The van der Waals surface area contributed by atoms with Gasteiger partial charge in [-0.05, 0) is 43.9 Å². The summed E-state index contributed by atoms with van der Waals surface area (Å²) >= 11 is 0. The molecule has 0 aromatic carbocycles. The largest absolute Gasteiger partial charge is 0.320 e. The van der Waals surface area contributed by atoms with Gasteiger partial charge in [0.15, 0.2) is 0 Å². The van der Waals surface area contributed by atoms with Crippen LogP contribution in [0.2, 0.25) is 0 Å². The number of amides is 1. The normalized spacial score (nSPS) is 15.6. The van der Waals surface area contributed by atoms with Crippen molar-refractivity contribution in [3.05, 3.63) is 39.9 Å². The fourth-order valence-electron chi connectivity index (χ4n) is 3.51. The molecule has 128 valence electrons. The minimum absolute atomic E-state index is 0.0883. The van der Waals surface area contributed by atoms with Crippen LogP contribution in [0.1, 0.15) is 56.2 Å². The van der Waals surface area contributed by atoms with Gasteiger partial charge in [0.05, 0.1) is 5.69 Å². The van der Waals surface area contributed by atoms with Crippen LogP contribution in [0.4, 0.5) is 5.69 Å². The fourth-order valence-corrected chi connectivity index (χ4v) is 3.51. The van der Waals surface area contributed by atoms with Crippen molar-refractivity contribution in [3.63, 3.8) is 0 Å². The second-order valence-electron chi connectivity index (χ2n) is 6.90. The van der Waals surface area contributed by atoms with Gasteiger partial charge < -0.3 is 5.32 Å². The molecule has 5 heteroatoms. The molecule has 24 heavy (non-hydrogen) atoms. The van der Waals surface area contributed by atoms with Crippen LogP contribution in [0.5, 0.6) is 0 Å². The maximum Gasteiger partial charge on any atom is 0.281 e. The third kappa shape index (κ3) is 3.66. The molecule has 0 aliphatic heterocycles. The minimum atomic E-state index is -0.219. The third-order valence-electron chi connectivity index (χ3n) is 4.94. The highest BCUT2D eigenvalue weighted by atomic mass is 16.2. The van der Waals surface area contributed by atoms with Crippen LogP contribution in [0.25, 0.3) is 5.65 Å². The topological polar surface area (TPSA) is 63.5 Å². The molecule has 0 spiro atoms. The molecule has 1 aliphatic rings. The first-order valence-corrected chi connectivity index (χ1v) is 8.84. The fraction of sp³-hybridized carbons (Fsp3) is 0.526. The molecule has 0 unspecified atom stereocenters. The molecular formula is C19H25N3O2. The van der Waals surface area contributed by atoms with Crippen molar-refractivity contribution in [2.45, 2.75) is 58.8 Å². The first-order valence-electron chi connectivity index (χ1n) is 8.84. The van der Waals surface area contributed by atoms with Gasteiger partial charge in [-0.2, -0.15) is 0 Å². The van der Waals surface area contributed by atoms with Crippen LogP contribution >= 0.6 is 0 Å². The second kappa shape index (κ2) is 7.16. The van der Waals surface area contributed by atoms with Gasteiger partial charge in [0, 0.05) is 12.6 Å². The van der Waals surface area contributed by atoms with Crippen LogP contribution in [0.3, 0.4) is 0 Å². The van der Waals surface area contributed by atoms with E-state index >= 15 is 0 Å². The standard InChI is InChI=1S/C19H25N3O2/c1-13-10-11-22-16(12-13)20-14(2)18(19(22)24)21-17(23)9-8-15-6-4-3-5-7-15/h10-12,15H,3-9H2,1-2H3,(H,21,23). The summed E-state index contributed by atoms with van der Waals surface area (Å²) in [4.78, 5) is 29.3. The Labute approximate surface area is 142 Å². The van der Waals surface area contributed by atoms with Crippen molar-refractivity contribution >= 4 is 17.2 Å². The predicted octanol–water partition coefficient (Wildman–Crippen LogP) is 3.61. The lowest BCUT2D eigenvalue weighted by atomic mass is 9.86. The van der Waals surface area contributed by atoms with Crippen molar-refractivity contribution < 1.29 is 4.79 Å². The number of aromatic nitrogens is 2. The highest BCUT2D eigenvalue weighted by Gasteiger charge is 2.17. The van der Waals surface area contributed by atoms with Gasteiger partial charge in [-0.3, -0.25) is 14.0 Å². The van der Waals surface area contributed by atoms with E-state index in [-0.39, 0.29) is 11.5 Å². The molecular weight excluding hydrogens is 302 g/mol. The first kappa shape index (κ1) is 16.7. The maximum atomic E-state index is 12.6. The van der Waals surface area contributed by atoms with Gasteiger partial charge in [-0.25, -0.2) is 4.98 Å². The number of carbonyl (C=O) groups is 1. The van der Waals surface area contributed by atoms with Gasteiger partial charge in [0.25, 0.3) is 5.56 Å². The summed E-state index contributed by atoms with van der Waals surface area (Å²) in [5, 5.41) is 2.79. The summed E-state index contributed by atoms with van der Waals surface area (Å²) in [6.07, 6.45) is 9.42. The average molecular weight is 327 g/mol. The Bertz CT molecular complexity index is 804. The Hall–Kier alpha value is -2.17. The van der Waals surface area contributed by atoms with Crippen LogP contribution in [0, 0.1) is 19.8 Å². The summed E-state index contributed by atoms with van der Waals surface area (Å²) in [6, 6.07) is 3.73. The van der Waals surface area contributed by atoms with Gasteiger partial charge in [0.2, 0.25) is 5.91 Å². The van der Waals surface area contributed by atoms with E-state index in [9.17, 15) is 9.59 Å². The quantitative estimate of drug-likeness (QED) is 0.933. The number of nitrogens with one attached hydrogen (secondary N) is 1. The zero-order valence-corrected chi connectivity index (χ0v) is 14.5. The summed E-state index contributed by atoms with van der Waals surface area (Å²) in [5.74, 6) is 0.569. The molecule has 1 saturated carbocycles. The number of hydrogen-bond donors (Lipinski definition) is 1. The van der Waals surface area contributed by atoms with E-state index in [1.54, 1.807) is 13.1 Å². The number of rotatable bonds is 4. The van der Waals surface area contributed by atoms with Crippen molar-refractivity contribution in [2.24, 2.45) is 5.92 Å². The Balaban J connectivity index is 1.73. The SMILES string of the molecule is Cc1ccn2c(=O)c(NC(=O)CCC3CCCCC3)c(C)nc2c1. The Morgan fingerprint density at radius 2 is 2.04 bits per heavy atom. The molecule has 5 nitrogen and oxygen atoms in total. The summed E-state index contributed by atoms with van der Waals surface area (Å²) < 4.78 is 1.48. The van der Waals surface area contributed by atoms with Crippen LogP contribution in [-0.2, 0) is 4.79 Å². The Kier molecular flexibility index (Phi) is 4.97. The van der Waals surface area contributed by atoms with E-state index in [4.69, 9.17) is 0 Å². The molecule has 2 aromatic heterocycles. The lowest BCUT2D eigenvalue weighted by molar-refractivity contribution is -0.116. The first-order chi connectivity index (χ1) is 11.5. The number of fused-ring (bicyclic) bond motifs is 1. The van der Waals surface area contributed by atoms with Gasteiger partial charge >= 0.3 is 0 Å². The number of anilines is 1. The lowest BCUT2D eigenvalue weighted by Crippen LogP contribution is -2.25. The van der Waals surface area contributed by atoms with Crippen LogP contribution < -0.4 is 10.9 Å². The van der Waals surface area contributed by atoms with E-state index in [2.05, 4.69) is 10.3 Å². The van der Waals surface area contributed by atoms with Gasteiger partial charge in [-0.1, -0.05) is 32.1 Å². The Morgan fingerprint density at radius 1 is 1.29 bits per heavy atom. The molecule has 0 bridgehead atoms. The zero-order chi connectivity index (χ0) is 17.1. The second-order valence-corrected chi connectivity index (χ2v) is 6.90. The van der Waals surface area contributed by atoms with E-state index in [0.717, 1.165) is 12.0 Å². The van der Waals surface area contributed by atoms with E-state index in [1.807, 2.05) is 19.1 Å². The number of pyridine rings is 1. The molecule has 1 N–H and O–H groups in total. The van der Waals surface area contributed by atoms with Crippen molar-refractivity contribution in [3.8, 4) is 0 Å². The van der Waals surface area contributed by atoms with Gasteiger partial charge in [0.1, 0.15) is 11.3 Å². The van der Waals surface area contributed by atoms with E-state index in [1.165, 1.54) is 36.5 Å². The highest BCUT2D eigenvalue weighted by Crippen LogP contribution is 2.27. The molecule has 1 amide bonds. The highest BCUT2D eigenvalue weighted by molar-refractivity contribution is 5.91. The number of aryl methyl sites for hydroxylation is 2. The lowest BCUT2D eigenvalue weighted by Gasteiger charge is -2.21. The molecule has 1 aliphatic carbocycles. The number of nitrogens with zero attached hydrogens (tertiary/aromatic N) is 2. The third-order valence-corrected chi connectivity index (χ3v) is 4.94. The Morgan fingerprint density at radius 3 is 2.79 bits per heavy atom. The molecule has 2 aromatic rings. The van der Waals surface area contributed by atoms with Crippen molar-refractivity contribution in [1.29, 1.82) is 0 Å². The monoisotopic (exact) mass is 327 g/mol. The summed E-state index contributed by atoms with van der Waals surface area (Å²) in [7, 11) is 0. The van der Waals surface area contributed by atoms with Crippen molar-refractivity contribution in [2.75, 3.05) is 5.32 Å². The van der Waals surface area contributed by atoms with Gasteiger partial charge in [-0.15, -0.1) is 0 Å². The van der Waals surface area contributed by atoms with E-state index in [0.29, 0.717) is 29.4 Å². The summed E-state index contributed by atoms with van der Waals surface area (Å²) in [5.41, 5.74) is 2.30. The maximum absolute atomic E-state index is 12.6. The predicted molar refractivity (Wildman–Crippen MR) is 95.4 cm³/mol. The smallest absolute Gasteiger partial charge is 0.281 e. The average Bonchev–Trinajstić information content (AvgIpc) is 2.57. The molecule has 2 heterocycles. The molecule has 1 fully saturated rings. The molecule has 0 radical (unpaired) electrons. The number of hydrogen-bond acceptors (Lipinski definition) is 3. The van der Waals surface area contributed by atoms with Crippen LogP contribution in [-0.4, -0.2) is 15.3 Å². The zero-order valence-electron chi connectivity index (χ0n) is 14.5.